The van der Waals surface area contributed by atoms with E-state index in [1.54, 1.807) is 6.08 Å². The van der Waals surface area contributed by atoms with Crippen molar-refractivity contribution in [2.24, 2.45) is 11.8 Å². The zero-order valence-corrected chi connectivity index (χ0v) is 12.9. The summed E-state index contributed by atoms with van der Waals surface area (Å²) in [4.78, 5) is 14.0. The van der Waals surface area contributed by atoms with Crippen LogP contribution in [0.25, 0.3) is 0 Å². The molecule has 2 saturated heterocycles. The first-order valence-corrected chi connectivity index (χ1v) is 7.67. The maximum atomic E-state index is 12.1. The number of carbonyl (C=O) groups excluding carboxylic acids is 1. The van der Waals surface area contributed by atoms with E-state index in [1.165, 1.54) is 0 Å². The van der Waals surface area contributed by atoms with Crippen molar-refractivity contribution in [1.82, 2.24) is 4.90 Å². The van der Waals surface area contributed by atoms with Gasteiger partial charge in [0.05, 0.1) is 5.60 Å². The molecule has 20 heavy (non-hydrogen) atoms. The fraction of sp³-hybridized carbons (Fsp3) is 0.812. The van der Waals surface area contributed by atoms with Crippen molar-refractivity contribution < 1.29 is 14.6 Å². The van der Waals surface area contributed by atoms with Gasteiger partial charge in [0.25, 0.3) is 0 Å². The van der Waals surface area contributed by atoms with Gasteiger partial charge in [-0.05, 0) is 39.0 Å². The minimum absolute atomic E-state index is 0.0749. The van der Waals surface area contributed by atoms with E-state index in [0.29, 0.717) is 25.4 Å². The van der Waals surface area contributed by atoms with E-state index < -0.39 is 5.60 Å². The highest BCUT2D eigenvalue weighted by Crippen LogP contribution is 2.39. The Hall–Kier alpha value is -0.870. The van der Waals surface area contributed by atoms with Crippen LogP contribution in [0.3, 0.4) is 0 Å². The summed E-state index contributed by atoms with van der Waals surface area (Å²) in [6.45, 7) is 8.74. The van der Waals surface area contributed by atoms with Crippen LogP contribution in [-0.2, 0) is 9.53 Å². The second-order valence-electron chi connectivity index (χ2n) is 6.53. The standard InChI is InChI=1S/C16H27NO3/c1-12(2)10-15(18)17-7-6-16(19,13(3)11-17)14-4-8-20-9-5-14/h10,13-14,19H,4-9,11H2,1-3H3/t13-,16+/m1/s1. The minimum atomic E-state index is -0.633. The highest BCUT2D eigenvalue weighted by molar-refractivity contribution is 5.88. The monoisotopic (exact) mass is 281 g/mol. The molecule has 0 bridgehead atoms. The fourth-order valence-electron chi connectivity index (χ4n) is 3.48. The zero-order chi connectivity index (χ0) is 14.8. The molecule has 4 heteroatoms. The number of rotatable bonds is 2. The van der Waals surface area contributed by atoms with Crippen LogP contribution >= 0.6 is 0 Å². The Kier molecular flexibility index (Phi) is 4.86. The Morgan fingerprint density at radius 3 is 2.55 bits per heavy atom. The molecule has 0 aromatic carbocycles. The van der Waals surface area contributed by atoms with Gasteiger partial charge in [0, 0.05) is 38.3 Å². The molecule has 1 amide bonds. The summed E-state index contributed by atoms with van der Waals surface area (Å²) in [5.41, 5.74) is 0.388. The lowest BCUT2D eigenvalue weighted by atomic mass is 9.70. The third kappa shape index (κ3) is 3.23. The number of likely N-dealkylation sites (tertiary alicyclic amines) is 1. The summed E-state index contributed by atoms with van der Waals surface area (Å²) < 4.78 is 5.39. The second kappa shape index (κ2) is 6.27. The number of nitrogens with zero attached hydrogens (tertiary/aromatic N) is 1. The molecule has 0 saturated carbocycles. The molecule has 2 aliphatic heterocycles. The number of hydrogen-bond donors (Lipinski definition) is 1. The van der Waals surface area contributed by atoms with Crippen LogP contribution in [-0.4, -0.2) is 47.8 Å². The lowest BCUT2D eigenvalue weighted by molar-refractivity contribution is -0.147. The molecular weight excluding hydrogens is 254 g/mol. The zero-order valence-electron chi connectivity index (χ0n) is 12.9. The van der Waals surface area contributed by atoms with Crippen molar-refractivity contribution in [1.29, 1.82) is 0 Å². The summed E-state index contributed by atoms with van der Waals surface area (Å²) in [5, 5.41) is 11.0. The largest absolute Gasteiger partial charge is 0.389 e. The molecule has 0 aliphatic carbocycles. The van der Waals surface area contributed by atoms with E-state index in [0.717, 1.165) is 31.6 Å². The van der Waals surface area contributed by atoms with Crippen molar-refractivity contribution in [3.8, 4) is 0 Å². The van der Waals surface area contributed by atoms with Gasteiger partial charge in [-0.2, -0.15) is 0 Å². The van der Waals surface area contributed by atoms with E-state index in [2.05, 4.69) is 6.92 Å². The first-order valence-electron chi connectivity index (χ1n) is 7.67. The van der Waals surface area contributed by atoms with Gasteiger partial charge in [0.1, 0.15) is 0 Å². The van der Waals surface area contributed by atoms with Gasteiger partial charge >= 0.3 is 0 Å². The lowest BCUT2D eigenvalue weighted by Crippen LogP contribution is -2.56. The summed E-state index contributed by atoms with van der Waals surface area (Å²) >= 11 is 0. The molecule has 0 unspecified atom stereocenters. The molecule has 2 atom stereocenters. The molecule has 2 rings (SSSR count). The van der Waals surface area contributed by atoms with Crippen LogP contribution in [0.5, 0.6) is 0 Å². The maximum Gasteiger partial charge on any atom is 0.246 e. The highest BCUT2D eigenvalue weighted by atomic mass is 16.5. The second-order valence-corrected chi connectivity index (χ2v) is 6.53. The van der Waals surface area contributed by atoms with Crippen molar-refractivity contribution >= 4 is 5.91 Å². The van der Waals surface area contributed by atoms with Crippen molar-refractivity contribution in [2.75, 3.05) is 26.3 Å². The van der Waals surface area contributed by atoms with E-state index in [4.69, 9.17) is 4.74 Å². The molecule has 0 radical (unpaired) electrons. The van der Waals surface area contributed by atoms with E-state index in [-0.39, 0.29) is 11.8 Å². The number of aliphatic hydroxyl groups is 1. The predicted molar refractivity (Wildman–Crippen MR) is 78.3 cm³/mol. The van der Waals surface area contributed by atoms with E-state index >= 15 is 0 Å². The Morgan fingerprint density at radius 1 is 1.35 bits per heavy atom. The number of amides is 1. The first kappa shape index (κ1) is 15.5. The predicted octanol–water partition coefficient (Wildman–Crippen LogP) is 1.98. The van der Waals surface area contributed by atoms with Gasteiger partial charge in [-0.1, -0.05) is 12.5 Å². The fourth-order valence-corrected chi connectivity index (χ4v) is 3.48. The number of piperidine rings is 1. The Morgan fingerprint density at radius 2 is 2.00 bits per heavy atom. The third-order valence-electron chi connectivity index (χ3n) is 4.78. The van der Waals surface area contributed by atoms with Crippen LogP contribution in [0, 0.1) is 11.8 Å². The lowest BCUT2D eigenvalue weighted by Gasteiger charge is -2.48. The summed E-state index contributed by atoms with van der Waals surface area (Å²) in [5.74, 6) is 0.506. The number of hydrogen-bond acceptors (Lipinski definition) is 3. The van der Waals surface area contributed by atoms with Crippen molar-refractivity contribution in [2.45, 2.75) is 45.6 Å². The molecule has 114 valence electrons. The van der Waals surface area contributed by atoms with Gasteiger partial charge in [-0.25, -0.2) is 0 Å². The molecule has 1 N–H and O–H groups in total. The van der Waals surface area contributed by atoms with Gasteiger partial charge < -0.3 is 14.7 Å². The number of ether oxygens (including phenoxy) is 1. The first-order chi connectivity index (χ1) is 9.43. The smallest absolute Gasteiger partial charge is 0.246 e. The average Bonchev–Trinajstić information content (AvgIpc) is 2.42. The summed E-state index contributed by atoms with van der Waals surface area (Å²) in [7, 11) is 0. The summed E-state index contributed by atoms with van der Waals surface area (Å²) in [6.07, 6.45) is 4.23. The molecule has 2 aliphatic rings. The van der Waals surface area contributed by atoms with Crippen LogP contribution in [0.15, 0.2) is 11.6 Å². The molecular formula is C16H27NO3. The van der Waals surface area contributed by atoms with Crippen molar-refractivity contribution in [3.63, 3.8) is 0 Å². The number of allylic oxidation sites excluding steroid dienone is 1. The SMILES string of the molecule is CC(C)=CC(=O)N1CC[C@@](O)(C2CCOCC2)[C@H](C)C1. The van der Waals surface area contributed by atoms with Crippen LogP contribution < -0.4 is 0 Å². The number of carbonyl (C=O) groups is 1. The molecule has 2 heterocycles. The maximum absolute atomic E-state index is 12.1. The molecule has 0 aromatic rings. The molecule has 2 fully saturated rings. The third-order valence-corrected chi connectivity index (χ3v) is 4.78. The Balaban J connectivity index is 2.01. The Labute approximate surface area is 121 Å². The molecule has 4 nitrogen and oxygen atoms in total. The van der Waals surface area contributed by atoms with E-state index in [9.17, 15) is 9.90 Å². The highest BCUT2D eigenvalue weighted by Gasteiger charge is 2.45. The quantitative estimate of drug-likeness (QED) is 0.787. The van der Waals surface area contributed by atoms with Gasteiger partial charge in [0.2, 0.25) is 5.91 Å². The van der Waals surface area contributed by atoms with Gasteiger partial charge in [-0.3, -0.25) is 4.79 Å². The van der Waals surface area contributed by atoms with Crippen LogP contribution in [0.2, 0.25) is 0 Å². The van der Waals surface area contributed by atoms with Crippen LogP contribution in [0.1, 0.15) is 40.0 Å². The van der Waals surface area contributed by atoms with E-state index in [1.807, 2.05) is 18.7 Å². The topological polar surface area (TPSA) is 49.8 Å². The van der Waals surface area contributed by atoms with Gasteiger partial charge in [0.15, 0.2) is 0 Å². The Bertz CT molecular complexity index is 383. The van der Waals surface area contributed by atoms with Gasteiger partial charge in [-0.15, -0.1) is 0 Å². The molecule has 0 spiro atoms. The average molecular weight is 281 g/mol. The normalized spacial score (nSPS) is 32.0. The minimum Gasteiger partial charge on any atom is -0.389 e. The van der Waals surface area contributed by atoms with Crippen LogP contribution in [0.4, 0.5) is 0 Å². The molecule has 0 aromatic heterocycles. The summed E-state index contributed by atoms with van der Waals surface area (Å²) in [6, 6.07) is 0. The van der Waals surface area contributed by atoms with Crippen molar-refractivity contribution in [3.05, 3.63) is 11.6 Å².